The zero-order chi connectivity index (χ0) is 14.5. The first-order valence-electron chi connectivity index (χ1n) is 6.86. The number of hydrogen-bond donors (Lipinski definition) is 1. The summed E-state index contributed by atoms with van der Waals surface area (Å²) in [5.41, 5.74) is 2.38. The number of hydrogen-bond acceptors (Lipinski definition) is 4. The van der Waals surface area contributed by atoms with Gasteiger partial charge < -0.3 is 0 Å². The maximum absolute atomic E-state index is 4.30. The molecule has 0 aliphatic carbocycles. The summed E-state index contributed by atoms with van der Waals surface area (Å²) in [4.78, 5) is 8.34. The smallest absolute Gasteiger partial charge is 0.164 e. The van der Waals surface area contributed by atoms with Crippen molar-refractivity contribution in [2.75, 3.05) is 0 Å². The first-order valence-corrected chi connectivity index (χ1v) is 6.86. The number of benzene rings is 1. The molecule has 0 saturated carbocycles. The van der Waals surface area contributed by atoms with Gasteiger partial charge >= 0.3 is 0 Å². The van der Waals surface area contributed by atoms with E-state index in [0.29, 0.717) is 6.54 Å². The second kappa shape index (κ2) is 6.28. The summed E-state index contributed by atoms with van der Waals surface area (Å²) in [7, 11) is 1.87. The summed E-state index contributed by atoms with van der Waals surface area (Å²) < 4.78 is 1.71. The van der Waals surface area contributed by atoms with Gasteiger partial charge in [-0.25, -0.2) is 4.98 Å². The quantitative estimate of drug-likeness (QED) is 0.777. The maximum Gasteiger partial charge on any atom is 0.164 e. The number of nitrogens with one attached hydrogen (secondary N) is 1. The molecule has 3 aromatic rings. The van der Waals surface area contributed by atoms with Crippen LogP contribution in [-0.4, -0.2) is 19.7 Å². The van der Waals surface area contributed by atoms with Crippen molar-refractivity contribution in [1.29, 1.82) is 0 Å². The molecule has 0 spiro atoms. The van der Waals surface area contributed by atoms with Crippen molar-refractivity contribution in [2.45, 2.75) is 12.6 Å². The van der Waals surface area contributed by atoms with E-state index in [9.17, 15) is 0 Å². The molecule has 0 saturated heterocycles. The molecule has 21 heavy (non-hydrogen) atoms. The van der Waals surface area contributed by atoms with E-state index in [2.05, 4.69) is 32.5 Å². The van der Waals surface area contributed by atoms with E-state index in [-0.39, 0.29) is 6.04 Å². The molecule has 0 radical (unpaired) electrons. The standard InChI is InChI=1S/C16H17N5/c1-21-12-19-15(20-21)11-18-16(13-5-3-2-4-6-13)14-7-9-17-10-8-14/h2-10,12,16,18H,11H2,1H3. The molecule has 1 N–H and O–H groups in total. The minimum absolute atomic E-state index is 0.0954. The normalized spacial score (nSPS) is 12.2. The average Bonchev–Trinajstić information content (AvgIpc) is 2.95. The highest BCUT2D eigenvalue weighted by Gasteiger charge is 2.14. The molecule has 5 heteroatoms. The first kappa shape index (κ1) is 13.5. The van der Waals surface area contributed by atoms with Crippen LogP contribution in [0.15, 0.2) is 61.2 Å². The molecule has 1 unspecified atom stereocenters. The molecule has 0 bridgehead atoms. The zero-order valence-corrected chi connectivity index (χ0v) is 11.8. The van der Waals surface area contributed by atoms with E-state index in [1.165, 1.54) is 11.1 Å². The third-order valence-electron chi connectivity index (χ3n) is 3.28. The average molecular weight is 279 g/mol. The van der Waals surface area contributed by atoms with Crippen LogP contribution in [0, 0.1) is 0 Å². The Morgan fingerprint density at radius 1 is 1.05 bits per heavy atom. The van der Waals surface area contributed by atoms with Gasteiger partial charge in [0.25, 0.3) is 0 Å². The monoisotopic (exact) mass is 279 g/mol. The molecule has 2 aromatic heterocycles. The molecule has 0 amide bonds. The van der Waals surface area contributed by atoms with Gasteiger partial charge in [0.1, 0.15) is 6.33 Å². The van der Waals surface area contributed by atoms with Crippen molar-refractivity contribution in [1.82, 2.24) is 25.1 Å². The van der Waals surface area contributed by atoms with Gasteiger partial charge in [0.05, 0.1) is 12.6 Å². The van der Waals surface area contributed by atoms with E-state index in [4.69, 9.17) is 0 Å². The molecule has 0 aliphatic rings. The van der Waals surface area contributed by atoms with Crippen LogP contribution in [0.4, 0.5) is 0 Å². The van der Waals surface area contributed by atoms with Crippen LogP contribution in [0.1, 0.15) is 23.0 Å². The number of aromatic nitrogens is 4. The molecule has 5 nitrogen and oxygen atoms in total. The Morgan fingerprint density at radius 2 is 1.76 bits per heavy atom. The summed E-state index contributed by atoms with van der Waals surface area (Å²) in [5.74, 6) is 0.785. The van der Waals surface area contributed by atoms with E-state index >= 15 is 0 Å². The second-order valence-corrected chi connectivity index (χ2v) is 4.84. The summed E-state index contributed by atoms with van der Waals surface area (Å²) in [6.07, 6.45) is 5.33. The van der Waals surface area contributed by atoms with Crippen LogP contribution in [0.2, 0.25) is 0 Å². The predicted molar refractivity (Wildman–Crippen MR) is 80.4 cm³/mol. The lowest BCUT2D eigenvalue weighted by atomic mass is 10.00. The molecule has 0 aliphatic heterocycles. The Kier molecular flexibility index (Phi) is 4.02. The Hall–Kier alpha value is -2.53. The fraction of sp³-hybridized carbons (Fsp3) is 0.188. The highest BCUT2D eigenvalue weighted by Crippen LogP contribution is 2.21. The van der Waals surface area contributed by atoms with Gasteiger partial charge in [-0.15, -0.1) is 0 Å². The third kappa shape index (κ3) is 3.32. The summed E-state index contributed by atoms with van der Waals surface area (Å²) >= 11 is 0. The Bertz CT molecular complexity index is 639. The zero-order valence-electron chi connectivity index (χ0n) is 11.8. The van der Waals surface area contributed by atoms with Gasteiger partial charge in [0, 0.05) is 19.4 Å². The minimum atomic E-state index is 0.0954. The molecule has 3 rings (SSSR count). The van der Waals surface area contributed by atoms with Crippen molar-refractivity contribution >= 4 is 0 Å². The van der Waals surface area contributed by atoms with Crippen LogP contribution < -0.4 is 5.32 Å². The van der Waals surface area contributed by atoms with Crippen LogP contribution in [-0.2, 0) is 13.6 Å². The molecule has 2 heterocycles. The highest BCUT2D eigenvalue weighted by atomic mass is 15.3. The van der Waals surface area contributed by atoms with Gasteiger partial charge in [0.15, 0.2) is 5.82 Å². The van der Waals surface area contributed by atoms with Gasteiger partial charge in [-0.2, -0.15) is 5.10 Å². The third-order valence-corrected chi connectivity index (χ3v) is 3.28. The molecule has 1 aromatic carbocycles. The molecule has 1 atom stereocenters. The van der Waals surface area contributed by atoms with Crippen molar-refractivity contribution in [2.24, 2.45) is 7.05 Å². The van der Waals surface area contributed by atoms with E-state index in [1.807, 2.05) is 49.8 Å². The van der Waals surface area contributed by atoms with Crippen LogP contribution in [0.3, 0.4) is 0 Å². The fourth-order valence-electron chi connectivity index (χ4n) is 2.29. The summed E-state index contributed by atoms with van der Waals surface area (Å²) in [6, 6.07) is 14.5. The summed E-state index contributed by atoms with van der Waals surface area (Å²) in [6.45, 7) is 0.614. The highest BCUT2D eigenvalue weighted by molar-refractivity contribution is 5.30. The summed E-state index contributed by atoms with van der Waals surface area (Å²) in [5, 5.41) is 7.82. The van der Waals surface area contributed by atoms with Crippen LogP contribution in [0.5, 0.6) is 0 Å². The van der Waals surface area contributed by atoms with Crippen LogP contribution in [0.25, 0.3) is 0 Å². The van der Waals surface area contributed by atoms with Gasteiger partial charge in [0.2, 0.25) is 0 Å². The lowest BCUT2D eigenvalue weighted by Gasteiger charge is -2.18. The van der Waals surface area contributed by atoms with Gasteiger partial charge in [-0.1, -0.05) is 30.3 Å². The van der Waals surface area contributed by atoms with Crippen molar-refractivity contribution < 1.29 is 0 Å². The Morgan fingerprint density at radius 3 is 2.43 bits per heavy atom. The van der Waals surface area contributed by atoms with Gasteiger partial charge in [-0.05, 0) is 23.3 Å². The lowest BCUT2D eigenvalue weighted by Crippen LogP contribution is -2.22. The molecule has 0 fully saturated rings. The number of pyridine rings is 1. The molecular formula is C16H17N5. The lowest BCUT2D eigenvalue weighted by molar-refractivity contribution is 0.582. The maximum atomic E-state index is 4.30. The molecular weight excluding hydrogens is 262 g/mol. The van der Waals surface area contributed by atoms with E-state index in [0.717, 1.165) is 5.82 Å². The van der Waals surface area contributed by atoms with E-state index in [1.54, 1.807) is 11.0 Å². The van der Waals surface area contributed by atoms with Crippen LogP contribution >= 0.6 is 0 Å². The number of rotatable bonds is 5. The topological polar surface area (TPSA) is 55.6 Å². The fourth-order valence-corrected chi connectivity index (χ4v) is 2.29. The Labute approximate surface area is 123 Å². The van der Waals surface area contributed by atoms with Crippen molar-refractivity contribution in [3.63, 3.8) is 0 Å². The molecule has 106 valence electrons. The number of nitrogens with zero attached hydrogens (tertiary/aromatic N) is 4. The van der Waals surface area contributed by atoms with Crippen molar-refractivity contribution in [3.05, 3.63) is 78.1 Å². The second-order valence-electron chi connectivity index (χ2n) is 4.84. The Balaban J connectivity index is 1.83. The SMILES string of the molecule is Cn1cnc(CNC(c2ccccc2)c2ccncc2)n1. The van der Waals surface area contributed by atoms with E-state index < -0.39 is 0 Å². The predicted octanol–water partition coefficient (Wildman–Crippen LogP) is 2.09. The number of aryl methyl sites for hydroxylation is 1. The first-order chi connectivity index (χ1) is 10.3. The minimum Gasteiger partial charge on any atom is -0.299 e. The van der Waals surface area contributed by atoms with Gasteiger partial charge in [-0.3, -0.25) is 15.0 Å². The van der Waals surface area contributed by atoms with Crippen molar-refractivity contribution in [3.8, 4) is 0 Å². The largest absolute Gasteiger partial charge is 0.299 e.